The zero-order chi connectivity index (χ0) is 17.0. The molecular weight excluding hydrogens is 310 g/mol. The van der Waals surface area contributed by atoms with Gasteiger partial charge >= 0.3 is 0 Å². The molecule has 0 radical (unpaired) electrons. The maximum Gasteiger partial charge on any atom is 0.251 e. The van der Waals surface area contributed by atoms with Crippen molar-refractivity contribution in [1.29, 1.82) is 0 Å². The van der Waals surface area contributed by atoms with Gasteiger partial charge in [-0.2, -0.15) is 0 Å². The lowest BCUT2D eigenvalue weighted by Crippen LogP contribution is -2.17. The Bertz CT molecular complexity index is 761. The predicted molar refractivity (Wildman–Crippen MR) is 94.2 cm³/mol. The number of anilines is 1. The van der Waals surface area contributed by atoms with Crippen molar-refractivity contribution in [2.24, 2.45) is 0 Å². The molecule has 0 aliphatic heterocycles. The number of carbonyl (C=O) groups excluding carboxylic acids is 1. The van der Waals surface area contributed by atoms with Crippen molar-refractivity contribution >= 4 is 23.4 Å². The maximum atomic E-state index is 12.2. The van der Waals surface area contributed by atoms with E-state index in [1.54, 1.807) is 0 Å². The smallest absolute Gasteiger partial charge is 0.251 e. The van der Waals surface area contributed by atoms with Crippen molar-refractivity contribution < 1.29 is 4.79 Å². The van der Waals surface area contributed by atoms with Crippen LogP contribution in [0, 0.1) is 20.8 Å². The topological polar surface area (TPSA) is 74.8 Å². The van der Waals surface area contributed by atoms with E-state index in [9.17, 15) is 9.59 Å². The molecule has 6 heteroatoms. The highest BCUT2D eigenvalue weighted by Crippen LogP contribution is 2.22. The van der Waals surface area contributed by atoms with Crippen LogP contribution in [0.2, 0.25) is 0 Å². The normalized spacial score (nSPS) is 10.6. The van der Waals surface area contributed by atoms with Crippen molar-refractivity contribution in [3.8, 4) is 0 Å². The summed E-state index contributed by atoms with van der Waals surface area (Å²) in [5, 5.41) is 3.41. The molecule has 5 nitrogen and oxygen atoms in total. The highest BCUT2D eigenvalue weighted by atomic mass is 32.2. The Hall–Kier alpha value is -2.08. The van der Waals surface area contributed by atoms with Crippen LogP contribution in [0.5, 0.6) is 0 Å². The Morgan fingerprint density at radius 3 is 2.48 bits per heavy atom. The summed E-state index contributed by atoms with van der Waals surface area (Å²) in [6.07, 6.45) is 0.686. The van der Waals surface area contributed by atoms with Crippen molar-refractivity contribution in [3.05, 3.63) is 50.9 Å². The lowest BCUT2D eigenvalue weighted by atomic mass is 10.1. The van der Waals surface area contributed by atoms with Crippen LogP contribution in [0.15, 0.2) is 28.2 Å². The molecule has 1 aromatic heterocycles. The maximum absolute atomic E-state index is 12.2. The van der Waals surface area contributed by atoms with Gasteiger partial charge in [-0.3, -0.25) is 9.59 Å². The van der Waals surface area contributed by atoms with E-state index in [1.165, 1.54) is 23.4 Å². The van der Waals surface area contributed by atoms with Gasteiger partial charge in [0.2, 0.25) is 5.91 Å². The van der Waals surface area contributed by atoms with Gasteiger partial charge in [0.15, 0.2) is 5.16 Å². The van der Waals surface area contributed by atoms with Crippen molar-refractivity contribution in [3.63, 3.8) is 0 Å². The van der Waals surface area contributed by atoms with Gasteiger partial charge in [0, 0.05) is 17.4 Å². The molecule has 1 heterocycles. The van der Waals surface area contributed by atoms with E-state index in [-0.39, 0.29) is 17.2 Å². The number of carbonyl (C=O) groups is 1. The van der Waals surface area contributed by atoms with Gasteiger partial charge in [-0.1, -0.05) is 36.4 Å². The monoisotopic (exact) mass is 331 g/mol. The Kier molecular flexibility index (Phi) is 5.60. The number of aromatic nitrogens is 2. The summed E-state index contributed by atoms with van der Waals surface area (Å²) in [6.45, 7) is 7.93. The molecule has 2 aromatic rings. The van der Waals surface area contributed by atoms with Crippen molar-refractivity contribution in [2.45, 2.75) is 39.3 Å². The molecule has 1 aromatic carbocycles. The van der Waals surface area contributed by atoms with Gasteiger partial charge in [0.1, 0.15) is 0 Å². The fourth-order valence-corrected chi connectivity index (χ4v) is 3.11. The number of benzene rings is 1. The number of rotatable bonds is 5. The molecule has 0 saturated carbocycles. The fraction of sp³-hybridized carbons (Fsp3) is 0.353. The van der Waals surface area contributed by atoms with Gasteiger partial charge in [0.05, 0.1) is 5.75 Å². The van der Waals surface area contributed by atoms with E-state index in [2.05, 4.69) is 15.3 Å². The molecule has 0 atom stereocenters. The van der Waals surface area contributed by atoms with Gasteiger partial charge in [-0.25, -0.2) is 4.98 Å². The summed E-state index contributed by atoms with van der Waals surface area (Å²) in [5.41, 5.74) is 4.64. The Labute approximate surface area is 139 Å². The lowest BCUT2D eigenvalue weighted by Gasteiger charge is -2.12. The Morgan fingerprint density at radius 1 is 1.22 bits per heavy atom. The molecule has 0 unspecified atom stereocenters. The largest absolute Gasteiger partial charge is 0.325 e. The number of amides is 1. The Morgan fingerprint density at radius 2 is 1.87 bits per heavy atom. The number of nitrogens with one attached hydrogen (secondary N) is 2. The summed E-state index contributed by atoms with van der Waals surface area (Å²) in [4.78, 5) is 30.6. The van der Waals surface area contributed by atoms with Crippen molar-refractivity contribution in [1.82, 2.24) is 9.97 Å². The van der Waals surface area contributed by atoms with Crippen molar-refractivity contribution in [2.75, 3.05) is 11.1 Å². The van der Waals surface area contributed by atoms with Gasteiger partial charge < -0.3 is 10.3 Å². The number of aryl methyl sites for hydroxylation is 4. The first-order chi connectivity index (χ1) is 10.9. The average molecular weight is 331 g/mol. The number of hydrogen-bond acceptors (Lipinski definition) is 4. The minimum Gasteiger partial charge on any atom is -0.325 e. The lowest BCUT2D eigenvalue weighted by molar-refractivity contribution is -0.113. The van der Waals surface area contributed by atoms with Crippen LogP contribution in [0.3, 0.4) is 0 Å². The molecule has 1 amide bonds. The summed E-state index contributed by atoms with van der Waals surface area (Å²) < 4.78 is 0. The van der Waals surface area contributed by atoms with E-state index >= 15 is 0 Å². The van der Waals surface area contributed by atoms with Crippen LogP contribution in [0.25, 0.3) is 0 Å². The van der Waals surface area contributed by atoms with E-state index < -0.39 is 0 Å². The Balaban J connectivity index is 2.04. The van der Waals surface area contributed by atoms with E-state index in [0.717, 1.165) is 22.5 Å². The molecule has 0 aliphatic carbocycles. The van der Waals surface area contributed by atoms with Gasteiger partial charge in [0.25, 0.3) is 5.56 Å². The zero-order valence-corrected chi connectivity index (χ0v) is 14.6. The SMILES string of the molecule is CCc1cc(=O)[nH]c(SCC(=O)Nc2c(C)cc(C)cc2C)n1. The van der Waals surface area contributed by atoms with Gasteiger partial charge in [-0.05, 0) is 38.3 Å². The molecule has 2 N–H and O–H groups in total. The standard InChI is InChI=1S/C17H21N3O2S/c1-5-13-8-14(21)20-17(18-13)23-9-15(22)19-16-11(3)6-10(2)7-12(16)4/h6-8H,5,9H2,1-4H3,(H,19,22)(H,18,20,21). The minimum absolute atomic E-state index is 0.116. The third-order valence-electron chi connectivity index (χ3n) is 3.42. The van der Waals surface area contributed by atoms with E-state index in [4.69, 9.17) is 0 Å². The quantitative estimate of drug-likeness (QED) is 0.652. The van der Waals surface area contributed by atoms with Gasteiger partial charge in [-0.15, -0.1) is 0 Å². The number of aromatic amines is 1. The first kappa shape index (κ1) is 17.3. The summed E-state index contributed by atoms with van der Waals surface area (Å²) in [6, 6.07) is 5.56. The van der Waals surface area contributed by atoms with E-state index in [1.807, 2.05) is 39.8 Å². The summed E-state index contributed by atoms with van der Waals surface area (Å²) >= 11 is 1.23. The third kappa shape index (κ3) is 4.69. The van der Waals surface area contributed by atoms with Crippen LogP contribution in [-0.4, -0.2) is 21.6 Å². The molecule has 0 spiro atoms. The van der Waals surface area contributed by atoms with Crippen LogP contribution in [-0.2, 0) is 11.2 Å². The second-order valence-corrected chi connectivity index (χ2v) is 6.47. The highest BCUT2D eigenvalue weighted by molar-refractivity contribution is 7.99. The van der Waals surface area contributed by atoms with Crippen LogP contribution >= 0.6 is 11.8 Å². The number of H-pyrrole nitrogens is 1. The molecule has 0 saturated heterocycles. The molecule has 2 rings (SSSR count). The minimum atomic E-state index is -0.190. The molecule has 0 aliphatic rings. The van der Waals surface area contributed by atoms with Crippen LogP contribution < -0.4 is 10.9 Å². The molecular formula is C17H21N3O2S. The average Bonchev–Trinajstić information content (AvgIpc) is 2.48. The fourth-order valence-electron chi connectivity index (χ4n) is 2.42. The molecule has 0 bridgehead atoms. The number of hydrogen-bond donors (Lipinski definition) is 2. The first-order valence-electron chi connectivity index (χ1n) is 7.49. The second-order valence-electron chi connectivity index (χ2n) is 5.51. The number of nitrogens with zero attached hydrogens (tertiary/aromatic N) is 1. The first-order valence-corrected chi connectivity index (χ1v) is 8.48. The zero-order valence-electron chi connectivity index (χ0n) is 13.8. The number of thioether (sulfide) groups is 1. The molecule has 122 valence electrons. The van der Waals surface area contributed by atoms with Crippen LogP contribution in [0.1, 0.15) is 29.3 Å². The van der Waals surface area contributed by atoms with E-state index in [0.29, 0.717) is 11.6 Å². The molecule has 0 fully saturated rings. The summed E-state index contributed by atoms with van der Waals surface area (Å²) in [5.74, 6) is 0.0812. The summed E-state index contributed by atoms with van der Waals surface area (Å²) in [7, 11) is 0. The van der Waals surface area contributed by atoms with Crippen LogP contribution in [0.4, 0.5) is 5.69 Å². The second kappa shape index (κ2) is 7.46. The highest BCUT2D eigenvalue weighted by Gasteiger charge is 2.10. The predicted octanol–water partition coefficient (Wildman–Crippen LogP) is 2.99. The molecule has 23 heavy (non-hydrogen) atoms. The third-order valence-corrected chi connectivity index (χ3v) is 4.29.